The third kappa shape index (κ3) is 4.47. The van der Waals surface area contributed by atoms with Crippen molar-refractivity contribution in [3.05, 3.63) is 42.0 Å². The molecule has 2 saturated heterocycles. The van der Waals surface area contributed by atoms with Crippen LogP contribution in [-0.2, 0) is 17.3 Å². The van der Waals surface area contributed by atoms with E-state index in [9.17, 15) is 4.79 Å². The van der Waals surface area contributed by atoms with Crippen molar-refractivity contribution >= 4 is 5.91 Å². The lowest BCUT2D eigenvalue weighted by atomic mass is 9.98. The number of nitrogens with zero attached hydrogens (tertiary/aromatic N) is 5. The summed E-state index contributed by atoms with van der Waals surface area (Å²) in [7, 11) is 1.92. The normalized spacial score (nSPS) is 23.7. The molecule has 0 N–H and O–H groups in total. The molecule has 2 aliphatic rings. The first kappa shape index (κ1) is 21.1. The molecule has 1 amide bonds. The standard InChI is InChI=1S/C23H35N5O2/c1-23(2,3)27-11-8-18(16-27)22(29)28-12-13-30-20(17-26-9-6-5-7-10-26)21(28)19-14-24-25(4)15-19/h8,11,14-16,20-21H,5-7,9-10,12-13,17H2,1-4H3/t20-,21-/m0/s1. The Balaban J connectivity index is 1.61. The van der Waals surface area contributed by atoms with Gasteiger partial charge in [-0.05, 0) is 52.8 Å². The monoisotopic (exact) mass is 413 g/mol. The predicted octanol–water partition coefficient (Wildman–Crippen LogP) is 3.04. The Morgan fingerprint density at radius 1 is 1.17 bits per heavy atom. The Morgan fingerprint density at radius 2 is 1.93 bits per heavy atom. The maximum Gasteiger partial charge on any atom is 0.256 e. The molecule has 7 heteroatoms. The Kier molecular flexibility index (Phi) is 6.02. The molecule has 0 aliphatic carbocycles. The van der Waals surface area contributed by atoms with Gasteiger partial charge in [0.1, 0.15) is 0 Å². The molecule has 0 bridgehead atoms. The van der Waals surface area contributed by atoms with Crippen molar-refractivity contribution in [2.45, 2.75) is 57.7 Å². The molecule has 0 radical (unpaired) electrons. The van der Waals surface area contributed by atoms with Crippen LogP contribution in [0.4, 0.5) is 0 Å². The van der Waals surface area contributed by atoms with Gasteiger partial charge in [0.25, 0.3) is 5.91 Å². The number of carbonyl (C=O) groups is 1. The molecule has 2 aromatic heterocycles. The molecular formula is C23H35N5O2. The summed E-state index contributed by atoms with van der Waals surface area (Å²) < 4.78 is 10.2. The summed E-state index contributed by atoms with van der Waals surface area (Å²) in [5.74, 6) is 0.0683. The number of carbonyl (C=O) groups excluding carboxylic acids is 1. The van der Waals surface area contributed by atoms with Crippen LogP contribution in [0.5, 0.6) is 0 Å². The van der Waals surface area contributed by atoms with Crippen LogP contribution in [0.15, 0.2) is 30.9 Å². The van der Waals surface area contributed by atoms with Crippen LogP contribution in [-0.4, -0.2) is 68.9 Å². The highest BCUT2D eigenvalue weighted by atomic mass is 16.5. The molecule has 7 nitrogen and oxygen atoms in total. The molecule has 2 aliphatic heterocycles. The lowest BCUT2D eigenvalue weighted by Gasteiger charge is -2.43. The molecule has 4 rings (SSSR count). The van der Waals surface area contributed by atoms with Gasteiger partial charge in [-0.15, -0.1) is 0 Å². The van der Waals surface area contributed by atoms with Crippen LogP contribution in [0.1, 0.15) is 62.0 Å². The summed E-state index contributed by atoms with van der Waals surface area (Å²) in [4.78, 5) is 18.1. The van der Waals surface area contributed by atoms with Gasteiger partial charge in [-0.25, -0.2) is 0 Å². The Bertz CT molecular complexity index is 859. The van der Waals surface area contributed by atoms with Gasteiger partial charge in [-0.1, -0.05) is 6.42 Å². The van der Waals surface area contributed by atoms with E-state index in [2.05, 4.69) is 35.3 Å². The Morgan fingerprint density at radius 3 is 2.57 bits per heavy atom. The number of morpholine rings is 1. The summed E-state index contributed by atoms with van der Waals surface area (Å²) >= 11 is 0. The van der Waals surface area contributed by atoms with Gasteiger partial charge in [0, 0.05) is 49.8 Å². The molecule has 2 aromatic rings. The van der Waals surface area contributed by atoms with Crippen LogP contribution in [0, 0.1) is 0 Å². The van der Waals surface area contributed by atoms with Gasteiger partial charge in [-0.2, -0.15) is 5.10 Å². The zero-order valence-corrected chi connectivity index (χ0v) is 18.8. The lowest BCUT2D eigenvalue weighted by Crippen LogP contribution is -2.52. The fraction of sp³-hybridized carbons (Fsp3) is 0.652. The van der Waals surface area contributed by atoms with Crippen molar-refractivity contribution in [1.29, 1.82) is 0 Å². The van der Waals surface area contributed by atoms with E-state index in [0.717, 1.165) is 30.8 Å². The number of hydrogen-bond acceptors (Lipinski definition) is 4. The van der Waals surface area contributed by atoms with Gasteiger partial charge in [0.2, 0.25) is 0 Å². The zero-order valence-electron chi connectivity index (χ0n) is 18.8. The van der Waals surface area contributed by atoms with Gasteiger partial charge in [0.15, 0.2) is 0 Å². The van der Waals surface area contributed by atoms with E-state index in [1.165, 1.54) is 19.3 Å². The number of rotatable bonds is 4. The van der Waals surface area contributed by atoms with Gasteiger partial charge in [-0.3, -0.25) is 9.48 Å². The van der Waals surface area contributed by atoms with Crippen molar-refractivity contribution in [2.75, 3.05) is 32.8 Å². The Labute approximate surface area is 179 Å². The predicted molar refractivity (Wildman–Crippen MR) is 116 cm³/mol. The summed E-state index contributed by atoms with van der Waals surface area (Å²) in [5, 5.41) is 4.38. The van der Waals surface area contributed by atoms with Crippen molar-refractivity contribution in [3.63, 3.8) is 0 Å². The third-order valence-electron chi connectivity index (χ3n) is 6.28. The fourth-order valence-electron chi connectivity index (χ4n) is 4.60. The van der Waals surface area contributed by atoms with Crippen LogP contribution in [0.3, 0.4) is 0 Å². The van der Waals surface area contributed by atoms with Crippen LogP contribution in [0.2, 0.25) is 0 Å². The average molecular weight is 414 g/mol. The van der Waals surface area contributed by atoms with Gasteiger partial charge >= 0.3 is 0 Å². The second kappa shape index (κ2) is 8.55. The number of ether oxygens (including phenoxy) is 1. The number of amides is 1. The molecular weight excluding hydrogens is 378 g/mol. The minimum Gasteiger partial charge on any atom is -0.373 e. The topological polar surface area (TPSA) is 55.5 Å². The molecule has 30 heavy (non-hydrogen) atoms. The minimum atomic E-state index is -0.125. The van der Waals surface area contributed by atoms with E-state index >= 15 is 0 Å². The fourth-order valence-corrected chi connectivity index (χ4v) is 4.60. The van der Waals surface area contributed by atoms with E-state index in [1.54, 1.807) is 4.68 Å². The number of piperidine rings is 1. The molecule has 2 fully saturated rings. The van der Waals surface area contributed by atoms with Gasteiger partial charge in [0.05, 0.1) is 30.5 Å². The Hall–Kier alpha value is -2.12. The minimum absolute atomic E-state index is 0.0466. The van der Waals surface area contributed by atoms with E-state index < -0.39 is 0 Å². The van der Waals surface area contributed by atoms with E-state index in [4.69, 9.17) is 4.74 Å². The van der Waals surface area contributed by atoms with Gasteiger partial charge < -0.3 is 19.1 Å². The first-order valence-corrected chi connectivity index (χ1v) is 11.1. The molecule has 0 unspecified atom stereocenters. The van der Waals surface area contributed by atoms with Crippen molar-refractivity contribution in [1.82, 2.24) is 24.1 Å². The molecule has 164 valence electrons. The second-order valence-electron chi connectivity index (χ2n) is 9.64. The third-order valence-corrected chi connectivity index (χ3v) is 6.28. The maximum absolute atomic E-state index is 13.6. The summed E-state index contributed by atoms with van der Waals surface area (Å²) in [6.07, 6.45) is 11.6. The maximum atomic E-state index is 13.6. The SMILES string of the molecule is Cn1cc([C@H]2[C@H](CN3CCCCC3)OCCN2C(=O)c2ccn(C(C)(C)C)c2)cn1. The molecule has 0 saturated carbocycles. The lowest BCUT2D eigenvalue weighted by molar-refractivity contribution is -0.0741. The number of hydrogen-bond donors (Lipinski definition) is 0. The first-order chi connectivity index (χ1) is 14.3. The number of aryl methyl sites for hydroxylation is 1. The van der Waals surface area contributed by atoms with Crippen molar-refractivity contribution in [3.8, 4) is 0 Å². The van der Waals surface area contributed by atoms with Crippen molar-refractivity contribution in [2.24, 2.45) is 7.05 Å². The van der Waals surface area contributed by atoms with Crippen LogP contribution >= 0.6 is 0 Å². The largest absolute Gasteiger partial charge is 0.373 e. The highest BCUT2D eigenvalue weighted by molar-refractivity contribution is 5.94. The smallest absolute Gasteiger partial charge is 0.256 e. The number of aromatic nitrogens is 3. The van der Waals surface area contributed by atoms with E-state index in [1.807, 2.05) is 42.8 Å². The first-order valence-electron chi connectivity index (χ1n) is 11.1. The highest BCUT2D eigenvalue weighted by Gasteiger charge is 2.38. The van der Waals surface area contributed by atoms with E-state index in [-0.39, 0.29) is 23.6 Å². The quantitative estimate of drug-likeness (QED) is 0.773. The molecule has 0 aromatic carbocycles. The van der Waals surface area contributed by atoms with Crippen LogP contribution < -0.4 is 0 Å². The zero-order chi connectivity index (χ0) is 21.3. The van der Waals surface area contributed by atoms with E-state index in [0.29, 0.717) is 13.2 Å². The molecule has 0 spiro atoms. The molecule has 2 atom stereocenters. The summed E-state index contributed by atoms with van der Waals surface area (Å²) in [5.41, 5.74) is 1.73. The highest BCUT2D eigenvalue weighted by Crippen LogP contribution is 2.32. The average Bonchev–Trinajstić information content (AvgIpc) is 3.37. The summed E-state index contributed by atoms with van der Waals surface area (Å²) in [6, 6.07) is 1.81. The van der Waals surface area contributed by atoms with Crippen LogP contribution in [0.25, 0.3) is 0 Å². The second-order valence-corrected chi connectivity index (χ2v) is 9.64. The summed E-state index contributed by atoms with van der Waals surface area (Å²) in [6.45, 7) is 10.7. The number of likely N-dealkylation sites (tertiary alicyclic amines) is 1. The van der Waals surface area contributed by atoms with Crippen molar-refractivity contribution < 1.29 is 9.53 Å². The molecule has 4 heterocycles.